The van der Waals surface area contributed by atoms with Crippen molar-refractivity contribution in [1.82, 2.24) is 4.72 Å². The van der Waals surface area contributed by atoms with Gasteiger partial charge in [0.2, 0.25) is 0 Å². The zero-order valence-corrected chi connectivity index (χ0v) is 13.4. The molecule has 1 aromatic carbocycles. The van der Waals surface area contributed by atoms with Crippen LogP contribution in [0.2, 0.25) is 0 Å². The second-order valence-corrected chi connectivity index (χ2v) is 6.68. The molecule has 1 N–H and O–H groups in total. The molecule has 0 saturated carbocycles. The molecule has 0 aliphatic heterocycles. The monoisotopic (exact) mass is 299 g/mol. The average Bonchev–Trinajstić information content (AvgIpc) is 2.38. The molecule has 0 radical (unpaired) electrons. The molecular formula is C15H25NO3S. The van der Waals surface area contributed by atoms with Crippen LogP contribution in [0.1, 0.15) is 45.6 Å². The van der Waals surface area contributed by atoms with E-state index in [4.69, 9.17) is 4.18 Å². The Morgan fingerprint density at radius 3 is 2.35 bits per heavy atom. The van der Waals surface area contributed by atoms with Gasteiger partial charge in [-0.2, -0.15) is 13.1 Å². The maximum Gasteiger partial charge on any atom is 0.382 e. The van der Waals surface area contributed by atoms with Gasteiger partial charge in [-0.1, -0.05) is 45.7 Å². The average molecular weight is 299 g/mol. The van der Waals surface area contributed by atoms with Crippen molar-refractivity contribution >= 4 is 10.3 Å². The van der Waals surface area contributed by atoms with E-state index in [9.17, 15) is 8.42 Å². The molecule has 0 aliphatic carbocycles. The predicted octanol–water partition coefficient (Wildman–Crippen LogP) is 3.29. The van der Waals surface area contributed by atoms with Crippen molar-refractivity contribution in [2.75, 3.05) is 6.54 Å². The Morgan fingerprint density at radius 1 is 1.15 bits per heavy atom. The van der Waals surface area contributed by atoms with Crippen LogP contribution >= 0.6 is 0 Å². The highest BCUT2D eigenvalue weighted by Crippen LogP contribution is 2.14. The van der Waals surface area contributed by atoms with Crippen LogP contribution in [-0.4, -0.2) is 15.0 Å². The highest BCUT2D eigenvalue weighted by atomic mass is 32.2. The fourth-order valence-corrected chi connectivity index (χ4v) is 2.63. The zero-order valence-electron chi connectivity index (χ0n) is 12.6. The Bertz CT molecular complexity index is 480. The van der Waals surface area contributed by atoms with E-state index in [1.165, 1.54) is 0 Å². The minimum absolute atomic E-state index is 0.344. The van der Waals surface area contributed by atoms with Crippen molar-refractivity contribution < 1.29 is 12.6 Å². The number of benzene rings is 1. The summed E-state index contributed by atoms with van der Waals surface area (Å²) in [5.41, 5.74) is 1.15. The molecule has 0 saturated heterocycles. The summed E-state index contributed by atoms with van der Waals surface area (Å²) >= 11 is 0. The minimum atomic E-state index is -3.70. The van der Waals surface area contributed by atoms with Crippen LogP contribution in [-0.2, 0) is 16.7 Å². The van der Waals surface area contributed by atoms with Gasteiger partial charge in [-0.3, -0.25) is 0 Å². The second kappa shape index (κ2) is 8.27. The van der Waals surface area contributed by atoms with E-state index in [2.05, 4.69) is 18.6 Å². The summed E-state index contributed by atoms with van der Waals surface area (Å²) in [5.74, 6) is 0.997. The van der Waals surface area contributed by atoms with Crippen LogP contribution in [0.3, 0.4) is 0 Å². The fraction of sp³-hybridized carbons (Fsp3) is 0.600. The molecular weight excluding hydrogens is 274 g/mol. The Morgan fingerprint density at radius 2 is 1.80 bits per heavy atom. The molecule has 0 heterocycles. The maximum atomic E-state index is 11.7. The Labute approximate surface area is 122 Å². The molecule has 4 nitrogen and oxygen atoms in total. The van der Waals surface area contributed by atoms with E-state index in [-0.39, 0.29) is 0 Å². The topological polar surface area (TPSA) is 55.4 Å². The molecule has 0 atom stereocenters. The molecule has 0 unspecified atom stereocenters. The number of aryl methyl sites for hydroxylation is 1. The first kappa shape index (κ1) is 17.0. The molecule has 1 rings (SSSR count). The van der Waals surface area contributed by atoms with Crippen molar-refractivity contribution in [2.45, 2.75) is 46.5 Å². The van der Waals surface area contributed by atoms with E-state index < -0.39 is 10.3 Å². The quantitative estimate of drug-likeness (QED) is 0.712. The fourth-order valence-electron chi connectivity index (χ4n) is 1.81. The number of hydrogen-bond donors (Lipinski definition) is 1. The number of nitrogens with one attached hydrogen (secondary N) is 1. The Kier molecular flexibility index (Phi) is 7.02. The molecule has 5 heteroatoms. The lowest BCUT2D eigenvalue weighted by molar-refractivity contribution is 0.466. The first-order valence-corrected chi connectivity index (χ1v) is 8.62. The minimum Gasteiger partial charge on any atom is -0.371 e. The third-order valence-corrected chi connectivity index (χ3v) is 3.99. The molecule has 0 amide bonds. The van der Waals surface area contributed by atoms with E-state index >= 15 is 0 Å². The largest absolute Gasteiger partial charge is 0.382 e. The SMILES string of the molecule is CCc1ccc(OS(=O)(=O)NCCCCC(C)C)cc1. The lowest BCUT2D eigenvalue weighted by Crippen LogP contribution is -2.29. The van der Waals surface area contributed by atoms with Crippen LogP contribution in [0.4, 0.5) is 0 Å². The third kappa shape index (κ3) is 6.91. The predicted molar refractivity (Wildman–Crippen MR) is 82.1 cm³/mol. The lowest BCUT2D eigenvalue weighted by atomic mass is 10.1. The highest BCUT2D eigenvalue weighted by Gasteiger charge is 2.11. The normalized spacial score (nSPS) is 11.8. The molecule has 0 aliphatic rings. The Balaban J connectivity index is 2.36. The summed E-state index contributed by atoms with van der Waals surface area (Å²) in [4.78, 5) is 0. The van der Waals surface area contributed by atoms with Gasteiger partial charge in [-0.05, 0) is 36.5 Å². The van der Waals surface area contributed by atoms with Gasteiger partial charge in [0.05, 0.1) is 0 Å². The van der Waals surface area contributed by atoms with Crippen molar-refractivity contribution in [2.24, 2.45) is 5.92 Å². The number of unbranched alkanes of at least 4 members (excludes halogenated alkanes) is 1. The first-order valence-electron chi connectivity index (χ1n) is 7.21. The summed E-state index contributed by atoms with van der Waals surface area (Å²) in [6.07, 6.45) is 3.88. The van der Waals surface area contributed by atoms with Gasteiger partial charge in [-0.15, -0.1) is 0 Å². The van der Waals surface area contributed by atoms with Crippen molar-refractivity contribution in [3.63, 3.8) is 0 Å². The smallest absolute Gasteiger partial charge is 0.371 e. The molecule has 0 bridgehead atoms. The van der Waals surface area contributed by atoms with E-state index in [1.54, 1.807) is 12.1 Å². The van der Waals surface area contributed by atoms with Gasteiger partial charge >= 0.3 is 10.3 Å². The van der Waals surface area contributed by atoms with E-state index in [1.807, 2.05) is 19.1 Å². The molecule has 1 aromatic rings. The van der Waals surface area contributed by atoms with Crippen LogP contribution in [0.15, 0.2) is 24.3 Å². The second-order valence-electron chi connectivity index (χ2n) is 5.32. The van der Waals surface area contributed by atoms with Crippen LogP contribution in [0, 0.1) is 5.92 Å². The van der Waals surface area contributed by atoms with Gasteiger partial charge in [0, 0.05) is 6.54 Å². The van der Waals surface area contributed by atoms with E-state index in [0.29, 0.717) is 18.2 Å². The van der Waals surface area contributed by atoms with Gasteiger partial charge < -0.3 is 4.18 Å². The third-order valence-electron chi connectivity index (χ3n) is 3.02. The van der Waals surface area contributed by atoms with Crippen LogP contribution in [0.25, 0.3) is 0 Å². The summed E-state index contributed by atoms with van der Waals surface area (Å²) in [6.45, 7) is 6.79. The van der Waals surface area contributed by atoms with Crippen molar-refractivity contribution in [3.8, 4) is 5.75 Å². The summed E-state index contributed by atoms with van der Waals surface area (Å²) in [7, 11) is -3.70. The molecule has 0 aromatic heterocycles. The van der Waals surface area contributed by atoms with Crippen LogP contribution in [0.5, 0.6) is 5.75 Å². The first-order chi connectivity index (χ1) is 9.43. The summed E-state index contributed by atoms with van der Waals surface area (Å²) in [6, 6.07) is 7.09. The molecule has 114 valence electrons. The number of rotatable bonds is 9. The van der Waals surface area contributed by atoms with E-state index in [0.717, 1.165) is 31.2 Å². The van der Waals surface area contributed by atoms with Gasteiger partial charge in [-0.25, -0.2) is 0 Å². The maximum absolute atomic E-state index is 11.7. The molecule has 20 heavy (non-hydrogen) atoms. The van der Waals surface area contributed by atoms with Gasteiger partial charge in [0.15, 0.2) is 0 Å². The summed E-state index contributed by atoms with van der Waals surface area (Å²) in [5, 5.41) is 0. The van der Waals surface area contributed by atoms with Gasteiger partial charge in [0.1, 0.15) is 5.75 Å². The highest BCUT2D eigenvalue weighted by molar-refractivity contribution is 7.85. The van der Waals surface area contributed by atoms with Crippen LogP contribution < -0.4 is 8.91 Å². The molecule has 0 fully saturated rings. The van der Waals surface area contributed by atoms with Crippen molar-refractivity contribution in [1.29, 1.82) is 0 Å². The summed E-state index contributed by atoms with van der Waals surface area (Å²) < 4.78 is 30.9. The lowest BCUT2D eigenvalue weighted by Gasteiger charge is -2.09. The number of hydrogen-bond acceptors (Lipinski definition) is 3. The van der Waals surface area contributed by atoms with Crippen molar-refractivity contribution in [3.05, 3.63) is 29.8 Å². The van der Waals surface area contributed by atoms with Gasteiger partial charge in [0.25, 0.3) is 0 Å². The Hall–Kier alpha value is -1.07. The standard InChI is InChI=1S/C15H25NO3S/c1-4-14-8-10-15(11-9-14)19-20(17,18)16-12-6-5-7-13(2)3/h8-11,13,16H,4-7,12H2,1-3H3. The molecule has 0 spiro atoms. The zero-order chi connectivity index (χ0) is 15.0.